The first-order chi connectivity index (χ1) is 7.29. The molecule has 2 N–H and O–H groups in total. The Morgan fingerprint density at radius 2 is 2.13 bits per heavy atom. The lowest BCUT2D eigenvalue weighted by Crippen LogP contribution is -2.13. The molecule has 1 aromatic heterocycles. The van der Waals surface area contributed by atoms with Crippen molar-refractivity contribution in [3.8, 4) is 0 Å². The summed E-state index contributed by atoms with van der Waals surface area (Å²) in [6.07, 6.45) is 8.77. The van der Waals surface area contributed by atoms with Crippen LogP contribution in [0.2, 0.25) is 0 Å². The molecule has 1 aliphatic carbocycles. The zero-order valence-corrected chi connectivity index (χ0v) is 10.1. The molecule has 1 aromatic rings. The maximum atomic E-state index is 6.32. The molecule has 0 fully saturated rings. The Morgan fingerprint density at radius 1 is 1.27 bits per heavy atom. The van der Waals surface area contributed by atoms with Crippen LogP contribution < -0.4 is 5.73 Å². The predicted octanol–water partition coefficient (Wildman–Crippen LogP) is 3.95. The number of hydrogen-bond acceptors (Lipinski definition) is 2. The van der Waals surface area contributed by atoms with Crippen molar-refractivity contribution in [3.63, 3.8) is 0 Å². The first-order valence-corrected chi connectivity index (χ1v) is 6.70. The van der Waals surface area contributed by atoms with Gasteiger partial charge in [-0.25, -0.2) is 0 Å². The zero-order chi connectivity index (χ0) is 10.7. The van der Waals surface area contributed by atoms with Gasteiger partial charge in [0.2, 0.25) is 0 Å². The van der Waals surface area contributed by atoms with Gasteiger partial charge in [-0.3, -0.25) is 0 Å². The van der Waals surface area contributed by atoms with Gasteiger partial charge < -0.3 is 5.73 Å². The van der Waals surface area contributed by atoms with Crippen LogP contribution >= 0.6 is 11.3 Å². The second kappa shape index (κ2) is 4.95. The van der Waals surface area contributed by atoms with Crippen LogP contribution in [-0.4, -0.2) is 0 Å². The lowest BCUT2D eigenvalue weighted by atomic mass is 9.96. The number of aryl methyl sites for hydroxylation is 1. The number of nitrogens with two attached hydrogens (primary N) is 1. The van der Waals surface area contributed by atoms with E-state index < -0.39 is 0 Å². The van der Waals surface area contributed by atoms with E-state index in [2.05, 4.69) is 23.8 Å². The van der Waals surface area contributed by atoms with Crippen LogP contribution in [0.15, 0.2) is 22.4 Å². The molecular weight excluding hydrogens is 202 g/mol. The second-order valence-electron chi connectivity index (χ2n) is 4.37. The van der Waals surface area contributed by atoms with E-state index in [9.17, 15) is 0 Å². The Bertz CT molecular complexity index is 351. The number of thiophene rings is 1. The second-order valence-corrected chi connectivity index (χ2v) is 5.11. The Kier molecular flexibility index (Phi) is 3.60. The summed E-state index contributed by atoms with van der Waals surface area (Å²) in [6.45, 7) is 2.16. The molecule has 0 aliphatic heterocycles. The first kappa shape index (κ1) is 10.9. The summed E-state index contributed by atoms with van der Waals surface area (Å²) in [5, 5.41) is 4.39. The minimum absolute atomic E-state index is 0.148. The van der Waals surface area contributed by atoms with Crippen LogP contribution in [0.5, 0.6) is 0 Å². The van der Waals surface area contributed by atoms with Gasteiger partial charge in [-0.05, 0) is 54.5 Å². The highest BCUT2D eigenvalue weighted by molar-refractivity contribution is 7.08. The fraction of sp³-hybridized carbons (Fsp3) is 0.538. The smallest absolute Gasteiger partial charge is 0.0521 e. The Morgan fingerprint density at radius 3 is 2.87 bits per heavy atom. The number of allylic oxidation sites excluding steroid dienone is 1. The Labute approximate surface area is 96.0 Å². The van der Waals surface area contributed by atoms with E-state index in [0.717, 1.165) is 0 Å². The quantitative estimate of drug-likeness (QED) is 0.752. The maximum Gasteiger partial charge on any atom is 0.0521 e. The van der Waals surface area contributed by atoms with Crippen molar-refractivity contribution < 1.29 is 0 Å². The Hall–Kier alpha value is -0.600. The van der Waals surface area contributed by atoms with Gasteiger partial charge in [0.05, 0.1) is 6.04 Å². The van der Waals surface area contributed by atoms with Gasteiger partial charge in [0.1, 0.15) is 0 Å². The standard InChI is InChI=1S/C13H19NS/c1-10-8-15-9-12(10)13(14)11-6-4-2-3-5-7-11/h6,8-9,13H,2-5,7,14H2,1H3. The summed E-state index contributed by atoms with van der Waals surface area (Å²) in [7, 11) is 0. The molecule has 0 spiro atoms. The van der Waals surface area contributed by atoms with E-state index in [0.29, 0.717) is 0 Å². The van der Waals surface area contributed by atoms with Crippen molar-refractivity contribution in [1.82, 2.24) is 0 Å². The molecule has 1 nitrogen and oxygen atoms in total. The van der Waals surface area contributed by atoms with E-state index in [4.69, 9.17) is 5.73 Å². The summed E-state index contributed by atoms with van der Waals surface area (Å²) in [5.41, 5.74) is 10.4. The van der Waals surface area contributed by atoms with E-state index in [1.807, 2.05) is 0 Å². The van der Waals surface area contributed by atoms with Gasteiger partial charge >= 0.3 is 0 Å². The van der Waals surface area contributed by atoms with Gasteiger partial charge in [0, 0.05) is 0 Å². The minimum atomic E-state index is 0.148. The largest absolute Gasteiger partial charge is 0.321 e. The molecule has 0 bridgehead atoms. The number of rotatable bonds is 2. The highest BCUT2D eigenvalue weighted by Crippen LogP contribution is 2.30. The van der Waals surface area contributed by atoms with Crippen LogP contribution in [0.1, 0.15) is 49.3 Å². The van der Waals surface area contributed by atoms with Crippen LogP contribution in [0.25, 0.3) is 0 Å². The van der Waals surface area contributed by atoms with Crippen molar-refractivity contribution in [2.24, 2.45) is 5.73 Å². The molecule has 0 aromatic carbocycles. The molecule has 0 saturated heterocycles. The summed E-state index contributed by atoms with van der Waals surface area (Å²) in [5.74, 6) is 0. The highest BCUT2D eigenvalue weighted by atomic mass is 32.1. The first-order valence-electron chi connectivity index (χ1n) is 5.76. The van der Waals surface area contributed by atoms with Crippen molar-refractivity contribution in [2.75, 3.05) is 0 Å². The van der Waals surface area contributed by atoms with Crippen LogP contribution in [0, 0.1) is 6.92 Å². The number of hydrogen-bond donors (Lipinski definition) is 1. The topological polar surface area (TPSA) is 26.0 Å². The monoisotopic (exact) mass is 221 g/mol. The van der Waals surface area contributed by atoms with Crippen molar-refractivity contribution in [1.29, 1.82) is 0 Å². The molecule has 0 amide bonds. The molecule has 15 heavy (non-hydrogen) atoms. The summed E-state index contributed by atoms with van der Waals surface area (Å²) < 4.78 is 0. The fourth-order valence-electron chi connectivity index (χ4n) is 2.21. The summed E-state index contributed by atoms with van der Waals surface area (Å²) in [6, 6.07) is 0.148. The third-order valence-corrected chi connectivity index (χ3v) is 4.09. The van der Waals surface area contributed by atoms with E-state index in [1.165, 1.54) is 48.8 Å². The minimum Gasteiger partial charge on any atom is -0.321 e. The lowest BCUT2D eigenvalue weighted by molar-refractivity contribution is 0.688. The lowest BCUT2D eigenvalue weighted by Gasteiger charge is -2.15. The molecule has 1 aliphatic rings. The molecule has 0 saturated carbocycles. The molecule has 1 unspecified atom stereocenters. The summed E-state index contributed by atoms with van der Waals surface area (Å²) in [4.78, 5) is 0. The third kappa shape index (κ3) is 2.50. The van der Waals surface area contributed by atoms with Crippen LogP contribution in [-0.2, 0) is 0 Å². The SMILES string of the molecule is Cc1cscc1C(N)C1=CCCCCC1. The van der Waals surface area contributed by atoms with Crippen molar-refractivity contribution in [3.05, 3.63) is 33.5 Å². The highest BCUT2D eigenvalue weighted by Gasteiger charge is 2.15. The third-order valence-electron chi connectivity index (χ3n) is 3.21. The van der Waals surface area contributed by atoms with E-state index >= 15 is 0 Å². The van der Waals surface area contributed by atoms with Gasteiger partial charge in [-0.1, -0.05) is 18.1 Å². The fourth-order valence-corrected chi connectivity index (χ4v) is 3.10. The molecular formula is C13H19NS. The van der Waals surface area contributed by atoms with Gasteiger partial charge in [-0.2, -0.15) is 11.3 Å². The molecule has 1 heterocycles. The normalized spacial score (nSPS) is 19.5. The summed E-state index contributed by atoms with van der Waals surface area (Å²) >= 11 is 1.76. The molecule has 0 radical (unpaired) electrons. The Balaban J connectivity index is 2.16. The average Bonchev–Trinajstić information content (AvgIpc) is 2.53. The van der Waals surface area contributed by atoms with Crippen LogP contribution in [0.3, 0.4) is 0 Å². The van der Waals surface area contributed by atoms with Crippen molar-refractivity contribution in [2.45, 2.75) is 45.1 Å². The maximum absolute atomic E-state index is 6.32. The van der Waals surface area contributed by atoms with E-state index in [1.54, 1.807) is 11.3 Å². The zero-order valence-electron chi connectivity index (χ0n) is 9.33. The molecule has 2 rings (SSSR count). The average molecular weight is 221 g/mol. The van der Waals surface area contributed by atoms with Crippen LogP contribution in [0.4, 0.5) is 0 Å². The molecule has 82 valence electrons. The van der Waals surface area contributed by atoms with Gasteiger partial charge in [0.25, 0.3) is 0 Å². The molecule has 1 atom stereocenters. The molecule has 2 heteroatoms. The van der Waals surface area contributed by atoms with Crippen molar-refractivity contribution >= 4 is 11.3 Å². The predicted molar refractivity (Wildman–Crippen MR) is 67.2 cm³/mol. The van der Waals surface area contributed by atoms with E-state index in [-0.39, 0.29) is 6.04 Å². The van der Waals surface area contributed by atoms with Gasteiger partial charge in [-0.15, -0.1) is 0 Å². The van der Waals surface area contributed by atoms with Gasteiger partial charge in [0.15, 0.2) is 0 Å².